The van der Waals surface area contributed by atoms with Crippen molar-refractivity contribution in [1.29, 1.82) is 0 Å². The molecule has 7 heteroatoms. The topological polar surface area (TPSA) is 97.3 Å². The largest absolute Gasteiger partial charge is 0.356 e. The molecule has 0 spiro atoms. The molecule has 0 radical (unpaired) electrons. The molecule has 1 aromatic rings. The van der Waals surface area contributed by atoms with E-state index in [9.17, 15) is 10.1 Å². The maximum atomic E-state index is 10.9. The molecule has 18 heavy (non-hydrogen) atoms. The summed E-state index contributed by atoms with van der Waals surface area (Å²) < 4.78 is 0. The Morgan fingerprint density at radius 1 is 1.39 bits per heavy atom. The van der Waals surface area contributed by atoms with Crippen LogP contribution in [0.2, 0.25) is 0 Å². The van der Waals surface area contributed by atoms with Gasteiger partial charge in [-0.15, -0.1) is 0 Å². The lowest BCUT2D eigenvalue weighted by Gasteiger charge is -2.22. The van der Waals surface area contributed by atoms with Crippen LogP contribution >= 0.6 is 0 Å². The Kier molecular flexibility index (Phi) is 5.31. The Morgan fingerprint density at radius 2 is 2.00 bits per heavy atom. The smallest absolute Gasteiger partial charge is 0.276 e. The van der Waals surface area contributed by atoms with Gasteiger partial charge in [0.2, 0.25) is 0 Å². The monoisotopic (exact) mass is 253 g/mol. The molecule has 0 aliphatic carbocycles. The number of hydrogen-bond acceptors (Lipinski definition) is 6. The van der Waals surface area contributed by atoms with E-state index in [1.807, 2.05) is 4.90 Å². The van der Waals surface area contributed by atoms with Gasteiger partial charge < -0.3 is 10.3 Å². The van der Waals surface area contributed by atoms with Crippen molar-refractivity contribution in [2.24, 2.45) is 5.84 Å². The third-order valence-corrected chi connectivity index (χ3v) is 2.47. The van der Waals surface area contributed by atoms with Crippen LogP contribution in [0.1, 0.15) is 26.7 Å². The summed E-state index contributed by atoms with van der Waals surface area (Å²) in [6.07, 6.45) is 1.91. The van der Waals surface area contributed by atoms with Crippen LogP contribution in [0.15, 0.2) is 12.1 Å². The fourth-order valence-corrected chi connectivity index (χ4v) is 1.72. The van der Waals surface area contributed by atoms with Crippen LogP contribution in [0, 0.1) is 10.1 Å². The van der Waals surface area contributed by atoms with Crippen molar-refractivity contribution in [3.63, 3.8) is 0 Å². The number of pyridine rings is 1. The zero-order valence-corrected chi connectivity index (χ0v) is 10.7. The summed E-state index contributed by atoms with van der Waals surface area (Å²) in [5, 5.41) is 10.9. The lowest BCUT2D eigenvalue weighted by molar-refractivity contribution is -0.384. The van der Waals surface area contributed by atoms with Crippen LogP contribution < -0.4 is 16.2 Å². The van der Waals surface area contributed by atoms with Gasteiger partial charge >= 0.3 is 0 Å². The van der Waals surface area contributed by atoms with E-state index >= 15 is 0 Å². The molecule has 100 valence electrons. The van der Waals surface area contributed by atoms with Crippen molar-refractivity contribution in [3.05, 3.63) is 22.2 Å². The molecule has 0 aliphatic heterocycles. The first kappa shape index (κ1) is 14.2. The van der Waals surface area contributed by atoms with Gasteiger partial charge in [0.25, 0.3) is 5.69 Å². The quantitative estimate of drug-likeness (QED) is 0.437. The number of nitrogens with one attached hydrogen (secondary N) is 1. The zero-order chi connectivity index (χ0) is 13.5. The predicted octanol–water partition coefficient (Wildman–Crippen LogP) is 1.90. The lowest BCUT2D eigenvalue weighted by Crippen LogP contribution is -2.26. The van der Waals surface area contributed by atoms with E-state index in [-0.39, 0.29) is 5.69 Å². The number of nitrogen functional groups attached to an aromatic ring is 1. The van der Waals surface area contributed by atoms with Gasteiger partial charge in [0.1, 0.15) is 11.6 Å². The molecule has 0 atom stereocenters. The predicted molar refractivity (Wildman–Crippen MR) is 71.5 cm³/mol. The summed E-state index contributed by atoms with van der Waals surface area (Å²) >= 11 is 0. The van der Waals surface area contributed by atoms with Crippen LogP contribution in [0.4, 0.5) is 17.3 Å². The number of nitro groups is 1. The van der Waals surface area contributed by atoms with Gasteiger partial charge in [-0.3, -0.25) is 10.1 Å². The number of nitrogens with zero attached hydrogens (tertiary/aromatic N) is 3. The Balaban J connectivity index is 3.11. The molecular formula is C11H19N5O2. The van der Waals surface area contributed by atoms with Gasteiger partial charge in [-0.1, -0.05) is 13.8 Å². The summed E-state index contributed by atoms with van der Waals surface area (Å²) in [7, 11) is 0. The average Bonchev–Trinajstić information content (AvgIpc) is 2.37. The summed E-state index contributed by atoms with van der Waals surface area (Å²) in [4.78, 5) is 16.7. The van der Waals surface area contributed by atoms with E-state index in [4.69, 9.17) is 5.84 Å². The second kappa shape index (κ2) is 6.75. The molecule has 0 amide bonds. The molecular weight excluding hydrogens is 234 g/mol. The van der Waals surface area contributed by atoms with Gasteiger partial charge in [0.05, 0.1) is 17.1 Å². The molecule has 0 aliphatic rings. The number of hydrazine groups is 1. The maximum Gasteiger partial charge on any atom is 0.276 e. The molecule has 1 aromatic heterocycles. The highest BCUT2D eigenvalue weighted by Crippen LogP contribution is 2.23. The van der Waals surface area contributed by atoms with E-state index < -0.39 is 4.92 Å². The first-order valence-corrected chi connectivity index (χ1v) is 6.00. The van der Waals surface area contributed by atoms with Gasteiger partial charge in [0, 0.05) is 13.1 Å². The van der Waals surface area contributed by atoms with Crippen LogP contribution in [0.3, 0.4) is 0 Å². The number of aromatic nitrogens is 1. The molecule has 7 nitrogen and oxygen atoms in total. The van der Waals surface area contributed by atoms with Crippen molar-refractivity contribution < 1.29 is 4.92 Å². The molecule has 0 aromatic carbocycles. The van der Waals surface area contributed by atoms with E-state index in [1.54, 1.807) is 0 Å². The molecule has 0 fully saturated rings. The van der Waals surface area contributed by atoms with Crippen LogP contribution in [-0.4, -0.2) is 23.0 Å². The molecule has 0 saturated heterocycles. The van der Waals surface area contributed by atoms with Gasteiger partial charge in [-0.05, 0) is 12.8 Å². The summed E-state index contributed by atoms with van der Waals surface area (Å²) in [6, 6.07) is 2.80. The van der Waals surface area contributed by atoms with Crippen LogP contribution in [0.25, 0.3) is 0 Å². The Morgan fingerprint density at radius 3 is 2.44 bits per heavy atom. The number of hydrogen-bond donors (Lipinski definition) is 2. The highest BCUT2D eigenvalue weighted by molar-refractivity contribution is 5.55. The second-order valence-corrected chi connectivity index (χ2v) is 3.96. The normalized spacial score (nSPS) is 10.2. The fraction of sp³-hybridized carbons (Fsp3) is 0.545. The summed E-state index contributed by atoms with van der Waals surface area (Å²) in [5.74, 6) is 6.17. The standard InChI is InChI=1S/C11H19N5O2/c1-3-5-15(6-4-2)11-8-9(16(17)18)7-10(13-11)14-12/h7-8H,3-6,12H2,1-2H3,(H,13,14). The van der Waals surface area contributed by atoms with Crippen molar-refractivity contribution in [2.75, 3.05) is 23.4 Å². The van der Waals surface area contributed by atoms with E-state index in [2.05, 4.69) is 24.3 Å². The summed E-state index contributed by atoms with van der Waals surface area (Å²) in [6.45, 7) is 5.74. The molecule has 0 bridgehead atoms. The molecule has 1 heterocycles. The van der Waals surface area contributed by atoms with Crippen LogP contribution in [-0.2, 0) is 0 Å². The Bertz CT molecular complexity index is 404. The molecule has 1 rings (SSSR count). The third kappa shape index (κ3) is 3.56. The first-order valence-electron chi connectivity index (χ1n) is 6.00. The fourth-order valence-electron chi connectivity index (χ4n) is 1.72. The van der Waals surface area contributed by atoms with E-state index in [0.717, 1.165) is 25.9 Å². The Labute approximate surface area is 106 Å². The van der Waals surface area contributed by atoms with Crippen molar-refractivity contribution >= 4 is 17.3 Å². The van der Waals surface area contributed by atoms with Gasteiger partial charge in [0.15, 0.2) is 0 Å². The number of anilines is 2. The minimum atomic E-state index is -0.442. The number of nitrogens with two attached hydrogens (primary N) is 1. The second-order valence-electron chi connectivity index (χ2n) is 3.96. The molecule has 0 saturated carbocycles. The Hall–Kier alpha value is -1.89. The van der Waals surface area contributed by atoms with Crippen LogP contribution in [0.5, 0.6) is 0 Å². The SMILES string of the molecule is CCCN(CCC)c1cc([N+](=O)[O-])cc(NN)n1. The van der Waals surface area contributed by atoms with E-state index in [0.29, 0.717) is 11.6 Å². The third-order valence-electron chi connectivity index (χ3n) is 2.47. The average molecular weight is 253 g/mol. The highest BCUT2D eigenvalue weighted by Gasteiger charge is 2.14. The van der Waals surface area contributed by atoms with E-state index in [1.165, 1.54) is 12.1 Å². The lowest BCUT2D eigenvalue weighted by atomic mass is 10.3. The zero-order valence-electron chi connectivity index (χ0n) is 10.7. The van der Waals surface area contributed by atoms with Crippen molar-refractivity contribution in [1.82, 2.24) is 4.98 Å². The highest BCUT2D eigenvalue weighted by atomic mass is 16.6. The van der Waals surface area contributed by atoms with Gasteiger partial charge in [-0.2, -0.15) is 0 Å². The first-order chi connectivity index (χ1) is 8.62. The van der Waals surface area contributed by atoms with Gasteiger partial charge in [-0.25, -0.2) is 10.8 Å². The molecule has 0 unspecified atom stereocenters. The van der Waals surface area contributed by atoms with Crippen molar-refractivity contribution in [3.8, 4) is 0 Å². The van der Waals surface area contributed by atoms with Crippen molar-refractivity contribution in [2.45, 2.75) is 26.7 Å². The maximum absolute atomic E-state index is 10.9. The summed E-state index contributed by atoms with van der Waals surface area (Å²) in [5.41, 5.74) is 2.35. The molecule has 3 N–H and O–H groups in total. The minimum Gasteiger partial charge on any atom is -0.356 e. The minimum absolute atomic E-state index is 0.00911. The number of rotatable bonds is 7.